The van der Waals surface area contributed by atoms with Crippen molar-refractivity contribution in [1.29, 1.82) is 0 Å². The lowest BCUT2D eigenvalue weighted by molar-refractivity contribution is 0.00672. The molecular formula is C36H84O12Si4. The van der Waals surface area contributed by atoms with Crippen molar-refractivity contribution in [3.63, 3.8) is 0 Å². The van der Waals surface area contributed by atoms with Crippen molar-refractivity contribution in [2.45, 2.75) is 159 Å². The number of hydrogen-bond acceptors (Lipinski definition) is 12. The van der Waals surface area contributed by atoms with Gasteiger partial charge in [0.1, 0.15) is 9.32 Å². The first-order chi connectivity index (χ1) is 24.7. The van der Waals surface area contributed by atoms with E-state index in [4.69, 9.17) is 53.1 Å². The smallest absolute Gasteiger partial charge is 0.373 e. The van der Waals surface area contributed by atoms with Gasteiger partial charge in [-0.15, -0.1) is 0 Å². The summed E-state index contributed by atoms with van der Waals surface area (Å²) < 4.78 is 74.3. The van der Waals surface area contributed by atoms with Crippen molar-refractivity contribution < 1.29 is 53.1 Å². The molecule has 0 aliphatic carbocycles. The number of rotatable bonds is 34. The zero-order valence-electron chi connectivity index (χ0n) is 36.6. The molecule has 0 spiro atoms. The van der Waals surface area contributed by atoms with Crippen molar-refractivity contribution in [3.05, 3.63) is 0 Å². The molecule has 0 aliphatic rings. The molecular weight excluding hydrogens is 737 g/mol. The fourth-order valence-corrected chi connectivity index (χ4v) is 21.6. The molecule has 0 saturated heterocycles. The average Bonchev–Trinajstić information content (AvgIpc) is 3.11. The van der Waals surface area contributed by atoms with Crippen LogP contribution in [0.15, 0.2) is 0 Å². The molecule has 0 heterocycles. The molecule has 0 unspecified atom stereocenters. The van der Waals surface area contributed by atoms with Crippen LogP contribution in [0.25, 0.3) is 0 Å². The standard InChI is InChI=1S/C21H48O6Si2.C15H36O6Si2/c1-9-15-22-28(23-16-10-2,24-17-11-3)21(7,8)29(25-18-12-4,26-19-13-5)27-20-14-6;1-9-16-22(17-10-2,18-11-3)15(7,8)23(19-12-4,20-13-5)21-14-6/h9-20H2,1-8H3;9-14H2,1-8H3. The minimum atomic E-state index is -3.18. The molecule has 0 atom stereocenters. The highest BCUT2D eigenvalue weighted by Gasteiger charge is 2.73. The molecule has 52 heavy (non-hydrogen) atoms. The second-order valence-electron chi connectivity index (χ2n) is 13.2. The van der Waals surface area contributed by atoms with E-state index in [-0.39, 0.29) is 0 Å². The van der Waals surface area contributed by atoms with E-state index in [9.17, 15) is 0 Å². The fourth-order valence-electron chi connectivity index (χ4n) is 5.60. The zero-order chi connectivity index (χ0) is 40.2. The molecule has 16 heteroatoms. The molecule has 0 N–H and O–H groups in total. The van der Waals surface area contributed by atoms with Gasteiger partial charge in [0.2, 0.25) is 0 Å². The summed E-state index contributed by atoms with van der Waals surface area (Å²) in [6.07, 6.45) is 5.37. The summed E-state index contributed by atoms with van der Waals surface area (Å²) in [5.74, 6) is 0. The van der Waals surface area contributed by atoms with E-state index in [1.54, 1.807) is 0 Å². The Morgan fingerprint density at radius 1 is 0.250 bits per heavy atom. The van der Waals surface area contributed by atoms with Crippen molar-refractivity contribution in [1.82, 2.24) is 0 Å². The van der Waals surface area contributed by atoms with Crippen LogP contribution >= 0.6 is 0 Å². The number of hydrogen-bond donors (Lipinski definition) is 0. The molecule has 0 aromatic carbocycles. The maximum absolute atomic E-state index is 6.48. The zero-order valence-corrected chi connectivity index (χ0v) is 40.6. The Balaban J connectivity index is 0. The summed E-state index contributed by atoms with van der Waals surface area (Å²) in [6.45, 7) is 39.1. The molecule has 0 aliphatic heterocycles. The van der Waals surface area contributed by atoms with E-state index in [0.717, 1.165) is 38.5 Å². The molecule has 0 aromatic heterocycles. The van der Waals surface area contributed by atoms with Gasteiger partial charge < -0.3 is 53.1 Å². The van der Waals surface area contributed by atoms with Gasteiger partial charge in [-0.1, -0.05) is 69.2 Å². The lowest BCUT2D eigenvalue weighted by Crippen LogP contribution is -2.69. The van der Waals surface area contributed by atoms with Gasteiger partial charge in [0.25, 0.3) is 0 Å². The summed E-state index contributed by atoms with van der Waals surface area (Å²) in [5, 5.41) is 0. The van der Waals surface area contributed by atoms with Crippen LogP contribution in [0, 0.1) is 0 Å². The second-order valence-corrected chi connectivity index (χ2v) is 27.1. The van der Waals surface area contributed by atoms with Crippen LogP contribution in [0.4, 0.5) is 0 Å². The van der Waals surface area contributed by atoms with Gasteiger partial charge in [-0.25, -0.2) is 0 Å². The average molecular weight is 821 g/mol. The molecule has 0 aromatic rings. The highest BCUT2D eigenvalue weighted by Crippen LogP contribution is 2.50. The summed E-state index contributed by atoms with van der Waals surface area (Å²) >= 11 is 0. The molecule has 0 amide bonds. The van der Waals surface area contributed by atoms with Crippen LogP contribution in [0.3, 0.4) is 0 Å². The minimum Gasteiger partial charge on any atom is -0.373 e. The van der Waals surface area contributed by atoms with E-state index >= 15 is 0 Å². The van der Waals surface area contributed by atoms with E-state index < -0.39 is 44.5 Å². The Hall–Kier alpha value is 0.388. The third-order valence-corrected chi connectivity index (χ3v) is 25.4. The SMILES string of the molecule is CCCO[Si](OCCC)(OCCC)C(C)(C)[Si](OCCC)(OCCC)OCCC.CCO[Si](OCC)(OCC)C(C)(C)[Si](OCC)(OCC)OCC. The Kier molecular flexibility index (Phi) is 31.0. The molecule has 0 rings (SSSR count). The van der Waals surface area contributed by atoms with Gasteiger partial charge in [0, 0.05) is 79.3 Å². The van der Waals surface area contributed by atoms with Gasteiger partial charge in [0.15, 0.2) is 0 Å². The Bertz CT molecular complexity index is 702. The highest BCUT2D eigenvalue weighted by molar-refractivity contribution is 6.85. The fraction of sp³-hybridized carbons (Fsp3) is 1.00. The van der Waals surface area contributed by atoms with Crippen LogP contribution in [-0.4, -0.2) is 115 Å². The normalized spacial score (nSPS) is 13.4. The van der Waals surface area contributed by atoms with E-state index in [0.29, 0.717) is 79.3 Å². The van der Waals surface area contributed by atoms with Crippen molar-refractivity contribution in [2.24, 2.45) is 0 Å². The van der Waals surface area contributed by atoms with Crippen LogP contribution in [0.5, 0.6) is 0 Å². The van der Waals surface area contributed by atoms with E-state index in [1.807, 2.05) is 55.4 Å². The maximum Gasteiger partial charge on any atom is 0.511 e. The summed E-state index contributed by atoms with van der Waals surface area (Å²) in [4.78, 5) is 0. The van der Waals surface area contributed by atoms with E-state index in [1.165, 1.54) is 0 Å². The maximum atomic E-state index is 6.48. The van der Waals surface area contributed by atoms with Gasteiger partial charge >= 0.3 is 35.2 Å². The first-order valence-electron chi connectivity index (χ1n) is 20.4. The minimum absolute atomic E-state index is 0.504. The second kappa shape index (κ2) is 29.6. The monoisotopic (exact) mass is 821 g/mol. The first-order valence-corrected chi connectivity index (χ1v) is 27.3. The van der Waals surface area contributed by atoms with Crippen molar-refractivity contribution >= 4 is 35.2 Å². The Morgan fingerprint density at radius 3 is 0.500 bits per heavy atom. The van der Waals surface area contributed by atoms with Crippen molar-refractivity contribution in [3.8, 4) is 0 Å². The van der Waals surface area contributed by atoms with Crippen molar-refractivity contribution in [2.75, 3.05) is 79.3 Å². The van der Waals surface area contributed by atoms with Gasteiger partial charge in [-0.05, 0) is 80.1 Å². The lowest BCUT2D eigenvalue weighted by Gasteiger charge is -2.48. The molecule has 316 valence electrons. The van der Waals surface area contributed by atoms with Crippen LogP contribution < -0.4 is 0 Å². The first kappa shape index (κ1) is 54.5. The topological polar surface area (TPSA) is 111 Å². The largest absolute Gasteiger partial charge is 0.511 e. The molecule has 0 radical (unpaired) electrons. The highest BCUT2D eigenvalue weighted by atomic mass is 28.5. The van der Waals surface area contributed by atoms with Crippen LogP contribution in [-0.2, 0) is 53.1 Å². The molecule has 12 nitrogen and oxygen atoms in total. The predicted octanol–water partition coefficient (Wildman–Crippen LogP) is 9.15. The summed E-state index contributed by atoms with van der Waals surface area (Å²) in [6, 6.07) is 0. The van der Waals surface area contributed by atoms with Gasteiger partial charge in [0.05, 0.1) is 0 Å². The Labute approximate surface area is 325 Å². The summed E-state index contributed by atoms with van der Waals surface area (Å²) in [7, 11) is -12.5. The third-order valence-electron chi connectivity index (χ3n) is 8.05. The molecule has 0 bridgehead atoms. The van der Waals surface area contributed by atoms with Gasteiger partial charge in [-0.3, -0.25) is 0 Å². The van der Waals surface area contributed by atoms with E-state index in [2.05, 4.69) is 55.4 Å². The summed E-state index contributed by atoms with van der Waals surface area (Å²) in [5.41, 5.74) is 0. The van der Waals surface area contributed by atoms with Crippen LogP contribution in [0.2, 0.25) is 9.32 Å². The lowest BCUT2D eigenvalue weighted by atomic mass is 10.5. The Morgan fingerprint density at radius 2 is 0.385 bits per heavy atom. The van der Waals surface area contributed by atoms with Gasteiger partial charge in [-0.2, -0.15) is 0 Å². The quantitative estimate of drug-likeness (QED) is 0.0578. The molecule has 0 fully saturated rings. The van der Waals surface area contributed by atoms with Crippen LogP contribution in [0.1, 0.15) is 149 Å². The third kappa shape index (κ3) is 15.0. The molecule has 0 saturated carbocycles. The predicted molar refractivity (Wildman–Crippen MR) is 218 cm³/mol.